The lowest BCUT2D eigenvalue weighted by Crippen LogP contribution is -2.41. The summed E-state index contributed by atoms with van der Waals surface area (Å²) in [5.41, 5.74) is 3.02. The van der Waals surface area contributed by atoms with E-state index in [0.29, 0.717) is 5.92 Å². The molecule has 4 heteroatoms. The summed E-state index contributed by atoms with van der Waals surface area (Å²) in [6, 6.07) is 0. The van der Waals surface area contributed by atoms with Crippen molar-refractivity contribution in [2.45, 2.75) is 71.7 Å². The third-order valence-electron chi connectivity index (χ3n) is 3.41. The molecule has 0 radical (unpaired) electrons. The van der Waals surface area contributed by atoms with Crippen LogP contribution in [0.3, 0.4) is 0 Å². The highest BCUT2D eigenvalue weighted by molar-refractivity contribution is 6.83. The average molecular weight is 310 g/mol. The molecular weight excluding hydrogens is 278 g/mol. The van der Waals surface area contributed by atoms with E-state index < -0.39 is 13.7 Å². The Bertz CT molecular complexity index is 401. The first-order valence-electron chi connectivity index (χ1n) is 8.05. The predicted octanol–water partition coefficient (Wildman–Crippen LogP) is 4.29. The summed E-state index contributed by atoms with van der Waals surface area (Å²) in [5.74, 6) is 4.05. The number of carbonyl (C=O) groups is 1. The number of piperidine rings is 1. The number of amides is 1. The first-order chi connectivity index (χ1) is 9.57. The quantitative estimate of drug-likeness (QED) is 0.562. The zero-order valence-electron chi connectivity index (χ0n) is 14.6. The Morgan fingerprint density at radius 3 is 2.29 bits per heavy atom. The largest absolute Gasteiger partial charge is 0.444 e. The van der Waals surface area contributed by atoms with Gasteiger partial charge in [-0.15, -0.1) is 11.5 Å². The molecule has 1 heterocycles. The van der Waals surface area contributed by atoms with Gasteiger partial charge in [-0.25, -0.2) is 4.79 Å². The van der Waals surface area contributed by atoms with Crippen molar-refractivity contribution in [2.24, 2.45) is 5.92 Å². The highest BCUT2D eigenvalue weighted by atomic mass is 28.3. The van der Waals surface area contributed by atoms with Crippen LogP contribution in [0.15, 0.2) is 0 Å². The molecule has 0 spiro atoms. The van der Waals surface area contributed by atoms with Gasteiger partial charge in [0.15, 0.2) is 0 Å². The molecule has 0 unspecified atom stereocenters. The van der Waals surface area contributed by atoms with Crippen LogP contribution < -0.4 is 0 Å². The first kappa shape index (κ1) is 18.1. The molecular formula is C17H31NO2Si. The van der Waals surface area contributed by atoms with E-state index in [9.17, 15) is 4.79 Å². The standard InChI is InChI=1S/C17H31NO2Si/c1-17(2,3)20-16(19)18-12-10-15(11-13-18)9-7-8-14-21(4,5)6/h15H,7,9-13H2,1-6H3. The average Bonchev–Trinajstić information content (AvgIpc) is 2.32. The van der Waals surface area contributed by atoms with Crippen LogP contribution in [-0.2, 0) is 4.74 Å². The van der Waals surface area contributed by atoms with Gasteiger partial charge < -0.3 is 9.64 Å². The van der Waals surface area contributed by atoms with Crippen LogP contribution in [0, 0.1) is 17.4 Å². The highest BCUT2D eigenvalue weighted by Crippen LogP contribution is 2.23. The SMILES string of the molecule is CC(C)(C)OC(=O)N1CCC(CCC#C[Si](C)(C)C)CC1. The van der Waals surface area contributed by atoms with Crippen LogP contribution in [0.25, 0.3) is 0 Å². The second-order valence-electron chi connectivity index (χ2n) is 8.00. The van der Waals surface area contributed by atoms with E-state index in [4.69, 9.17) is 4.74 Å². The fourth-order valence-corrected chi connectivity index (χ4v) is 2.99. The van der Waals surface area contributed by atoms with E-state index in [0.717, 1.165) is 32.4 Å². The Labute approximate surface area is 131 Å². The van der Waals surface area contributed by atoms with Gasteiger partial charge in [-0.3, -0.25) is 0 Å². The lowest BCUT2D eigenvalue weighted by Gasteiger charge is -2.33. The second kappa shape index (κ2) is 7.35. The summed E-state index contributed by atoms with van der Waals surface area (Å²) in [7, 11) is -1.22. The Hall–Kier alpha value is -0.953. The Kier molecular flexibility index (Phi) is 6.34. The molecule has 120 valence electrons. The number of carbonyl (C=O) groups excluding carboxylic acids is 1. The number of ether oxygens (including phenoxy) is 1. The van der Waals surface area contributed by atoms with Crippen LogP contribution in [0.1, 0.15) is 46.5 Å². The molecule has 1 saturated heterocycles. The number of nitrogens with zero attached hydrogens (tertiary/aromatic N) is 1. The summed E-state index contributed by atoms with van der Waals surface area (Å²) in [6.07, 6.45) is 4.16. The molecule has 0 saturated carbocycles. The zero-order chi connectivity index (χ0) is 16.1. The van der Waals surface area contributed by atoms with Gasteiger partial charge in [-0.2, -0.15) is 0 Å². The number of rotatable bonds is 2. The Morgan fingerprint density at radius 1 is 1.24 bits per heavy atom. The predicted molar refractivity (Wildman–Crippen MR) is 90.9 cm³/mol. The van der Waals surface area contributed by atoms with Gasteiger partial charge in [0.1, 0.15) is 13.7 Å². The molecule has 0 N–H and O–H groups in total. The van der Waals surface area contributed by atoms with Gasteiger partial charge >= 0.3 is 6.09 Å². The molecule has 0 atom stereocenters. The van der Waals surface area contributed by atoms with Crippen molar-refractivity contribution in [3.63, 3.8) is 0 Å². The van der Waals surface area contributed by atoms with E-state index in [1.165, 1.54) is 6.42 Å². The van der Waals surface area contributed by atoms with Crippen LogP contribution in [0.4, 0.5) is 4.79 Å². The van der Waals surface area contributed by atoms with Crippen LogP contribution in [0.2, 0.25) is 19.6 Å². The third kappa shape index (κ3) is 8.16. The molecule has 0 aliphatic carbocycles. The van der Waals surface area contributed by atoms with Crippen LogP contribution >= 0.6 is 0 Å². The van der Waals surface area contributed by atoms with Gasteiger partial charge in [0.05, 0.1) is 0 Å². The molecule has 1 aliphatic heterocycles. The van der Waals surface area contributed by atoms with Crippen molar-refractivity contribution < 1.29 is 9.53 Å². The summed E-state index contributed by atoms with van der Waals surface area (Å²) < 4.78 is 5.42. The van der Waals surface area contributed by atoms with E-state index in [1.54, 1.807) is 0 Å². The number of hydrogen-bond acceptors (Lipinski definition) is 2. The van der Waals surface area contributed by atoms with Crippen molar-refractivity contribution in [3.8, 4) is 11.5 Å². The molecule has 21 heavy (non-hydrogen) atoms. The third-order valence-corrected chi connectivity index (χ3v) is 4.33. The normalized spacial score (nSPS) is 17.1. The van der Waals surface area contributed by atoms with Crippen molar-refractivity contribution in [1.82, 2.24) is 4.90 Å². The molecule has 1 rings (SSSR count). The Balaban J connectivity index is 2.29. The zero-order valence-corrected chi connectivity index (χ0v) is 15.6. The topological polar surface area (TPSA) is 29.5 Å². The van der Waals surface area contributed by atoms with Gasteiger partial charge in [0.25, 0.3) is 0 Å². The maximum Gasteiger partial charge on any atom is 0.410 e. The Morgan fingerprint density at radius 2 is 1.81 bits per heavy atom. The molecule has 0 bridgehead atoms. The highest BCUT2D eigenvalue weighted by Gasteiger charge is 2.26. The first-order valence-corrected chi connectivity index (χ1v) is 11.5. The van der Waals surface area contributed by atoms with E-state index in [-0.39, 0.29) is 6.09 Å². The van der Waals surface area contributed by atoms with E-state index in [2.05, 4.69) is 31.1 Å². The van der Waals surface area contributed by atoms with E-state index in [1.807, 2.05) is 25.7 Å². The molecule has 3 nitrogen and oxygen atoms in total. The van der Waals surface area contributed by atoms with Gasteiger partial charge in [0, 0.05) is 19.5 Å². The van der Waals surface area contributed by atoms with Crippen LogP contribution in [-0.4, -0.2) is 37.8 Å². The fourth-order valence-electron chi connectivity index (χ4n) is 2.33. The van der Waals surface area contributed by atoms with Crippen molar-refractivity contribution in [3.05, 3.63) is 0 Å². The number of likely N-dealkylation sites (tertiary alicyclic amines) is 1. The molecule has 1 fully saturated rings. The fraction of sp³-hybridized carbons (Fsp3) is 0.824. The smallest absolute Gasteiger partial charge is 0.410 e. The minimum atomic E-state index is -1.22. The summed E-state index contributed by atoms with van der Waals surface area (Å²) >= 11 is 0. The molecule has 0 aromatic heterocycles. The minimum Gasteiger partial charge on any atom is -0.444 e. The molecule has 0 aromatic rings. The van der Waals surface area contributed by atoms with Crippen molar-refractivity contribution >= 4 is 14.2 Å². The summed E-state index contributed by atoms with van der Waals surface area (Å²) in [4.78, 5) is 13.8. The monoisotopic (exact) mass is 309 g/mol. The lowest BCUT2D eigenvalue weighted by atomic mass is 9.92. The van der Waals surface area contributed by atoms with E-state index >= 15 is 0 Å². The minimum absolute atomic E-state index is 0.167. The molecule has 0 aromatic carbocycles. The molecule has 1 amide bonds. The van der Waals surface area contributed by atoms with Crippen molar-refractivity contribution in [1.29, 1.82) is 0 Å². The summed E-state index contributed by atoms with van der Waals surface area (Å²) in [6.45, 7) is 14.2. The van der Waals surface area contributed by atoms with Gasteiger partial charge in [-0.05, 0) is 46.0 Å². The number of hydrogen-bond donors (Lipinski definition) is 0. The lowest BCUT2D eigenvalue weighted by molar-refractivity contribution is 0.0182. The maximum absolute atomic E-state index is 12.0. The van der Waals surface area contributed by atoms with Gasteiger partial charge in [0.2, 0.25) is 0 Å². The summed E-state index contributed by atoms with van der Waals surface area (Å²) in [5, 5.41) is 0. The van der Waals surface area contributed by atoms with Crippen LogP contribution in [0.5, 0.6) is 0 Å². The molecule has 1 aliphatic rings. The van der Waals surface area contributed by atoms with Crippen molar-refractivity contribution in [2.75, 3.05) is 13.1 Å². The van der Waals surface area contributed by atoms with Gasteiger partial charge in [-0.1, -0.05) is 19.6 Å². The second-order valence-corrected chi connectivity index (χ2v) is 12.8. The maximum atomic E-state index is 12.0.